The average molecular weight is 224 g/mol. The van der Waals surface area contributed by atoms with Crippen molar-refractivity contribution in [3.63, 3.8) is 0 Å². The van der Waals surface area contributed by atoms with Crippen molar-refractivity contribution >= 4 is 5.97 Å². The highest BCUT2D eigenvalue weighted by Crippen LogP contribution is 2.02. The lowest BCUT2D eigenvalue weighted by atomic mass is 10.3. The molecule has 0 saturated heterocycles. The van der Waals surface area contributed by atoms with Crippen LogP contribution in [0.15, 0.2) is 43.0 Å². The molecule has 1 rings (SSSR count). The number of ether oxygens (including phenoxy) is 1. The van der Waals surface area contributed by atoms with Crippen LogP contribution in [0.3, 0.4) is 0 Å². The minimum absolute atomic E-state index is 0.0461. The first-order chi connectivity index (χ1) is 7.70. The van der Waals surface area contributed by atoms with E-state index in [1.165, 1.54) is 0 Å². The van der Waals surface area contributed by atoms with Gasteiger partial charge in [0.25, 0.3) is 0 Å². The summed E-state index contributed by atoms with van der Waals surface area (Å²) in [4.78, 5) is 10.3. The molecule has 4 nitrogen and oxygen atoms in total. The van der Waals surface area contributed by atoms with Crippen LogP contribution in [-0.4, -0.2) is 29.4 Å². The van der Waals surface area contributed by atoms with Gasteiger partial charge in [0, 0.05) is 19.1 Å². The Bertz CT molecular complexity index is 295. The first-order valence-corrected chi connectivity index (χ1v) is 4.84. The molecule has 0 aliphatic carbocycles. The van der Waals surface area contributed by atoms with Gasteiger partial charge in [0.1, 0.15) is 5.75 Å². The predicted octanol–water partition coefficient (Wildman–Crippen LogP) is 1.49. The van der Waals surface area contributed by atoms with E-state index in [2.05, 4.69) is 11.3 Å². The minimum Gasteiger partial charge on any atom is -0.508 e. The van der Waals surface area contributed by atoms with E-state index in [4.69, 9.17) is 10.2 Å². The van der Waals surface area contributed by atoms with E-state index >= 15 is 0 Å². The van der Waals surface area contributed by atoms with Crippen LogP contribution in [0.5, 0.6) is 5.75 Å². The first-order valence-electron chi connectivity index (χ1n) is 4.84. The highest BCUT2D eigenvalue weighted by molar-refractivity contribution is 5.81. The number of hydrogen-bond donors (Lipinski definition) is 2. The topological polar surface area (TPSA) is 66.8 Å². The molecule has 0 heterocycles. The van der Waals surface area contributed by atoms with E-state index in [0.717, 1.165) is 6.08 Å². The Hall–Kier alpha value is -1.81. The Morgan fingerprint density at radius 1 is 1.38 bits per heavy atom. The molecule has 4 heteroatoms. The lowest BCUT2D eigenvalue weighted by Gasteiger charge is -1.96. The van der Waals surface area contributed by atoms with E-state index in [1.54, 1.807) is 24.3 Å². The van der Waals surface area contributed by atoms with Gasteiger partial charge in [0.2, 0.25) is 0 Å². The third-order valence-corrected chi connectivity index (χ3v) is 1.47. The van der Waals surface area contributed by atoms with Crippen molar-refractivity contribution in [2.75, 3.05) is 13.2 Å². The van der Waals surface area contributed by atoms with Crippen molar-refractivity contribution in [3.05, 3.63) is 43.0 Å². The standard InChI is InChI=1S/C6H10O3.C6H6O/c1-2-6(8)9-5-3-4-7;7-6-4-2-1-3-5-6/h2,7H,1,3-5H2;1-5,7H. The maximum atomic E-state index is 10.3. The van der Waals surface area contributed by atoms with E-state index < -0.39 is 5.97 Å². The minimum atomic E-state index is -0.441. The number of carbonyl (C=O) groups excluding carboxylic acids is 1. The van der Waals surface area contributed by atoms with Crippen molar-refractivity contribution in [1.82, 2.24) is 0 Å². The molecule has 0 unspecified atom stereocenters. The summed E-state index contributed by atoms with van der Waals surface area (Å²) in [5.74, 6) is -0.119. The molecule has 0 aliphatic rings. The number of rotatable bonds is 4. The normalized spacial score (nSPS) is 8.56. The number of benzene rings is 1. The Kier molecular flexibility index (Phi) is 8.63. The number of hydrogen-bond acceptors (Lipinski definition) is 4. The van der Waals surface area contributed by atoms with Gasteiger partial charge in [-0.3, -0.25) is 0 Å². The zero-order chi connectivity index (χ0) is 12.2. The number of para-hydroxylation sites is 1. The number of esters is 1. The van der Waals surface area contributed by atoms with E-state index in [9.17, 15) is 4.79 Å². The quantitative estimate of drug-likeness (QED) is 0.462. The molecular weight excluding hydrogens is 208 g/mol. The van der Waals surface area contributed by atoms with Gasteiger partial charge in [-0.1, -0.05) is 24.8 Å². The predicted molar refractivity (Wildman–Crippen MR) is 61.0 cm³/mol. The number of carbonyl (C=O) groups is 1. The van der Waals surface area contributed by atoms with Crippen LogP contribution in [0.1, 0.15) is 6.42 Å². The molecule has 0 bridgehead atoms. The Labute approximate surface area is 94.8 Å². The average Bonchev–Trinajstić information content (AvgIpc) is 2.31. The zero-order valence-electron chi connectivity index (χ0n) is 9.00. The fourth-order valence-corrected chi connectivity index (χ4v) is 0.724. The van der Waals surface area contributed by atoms with Crippen molar-refractivity contribution in [3.8, 4) is 5.75 Å². The summed E-state index contributed by atoms with van der Waals surface area (Å²) in [6.45, 7) is 3.51. The van der Waals surface area contributed by atoms with Crippen LogP contribution < -0.4 is 0 Å². The summed E-state index contributed by atoms with van der Waals surface area (Å²) in [5, 5.41) is 16.9. The Morgan fingerprint density at radius 2 is 2.00 bits per heavy atom. The van der Waals surface area contributed by atoms with E-state index in [0.29, 0.717) is 12.2 Å². The van der Waals surface area contributed by atoms with Gasteiger partial charge >= 0.3 is 5.97 Å². The van der Waals surface area contributed by atoms with Gasteiger partial charge in [0.05, 0.1) is 6.61 Å². The van der Waals surface area contributed by atoms with Gasteiger partial charge in [-0.25, -0.2) is 4.79 Å². The zero-order valence-corrected chi connectivity index (χ0v) is 9.00. The summed E-state index contributed by atoms with van der Waals surface area (Å²) < 4.78 is 4.51. The molecule has 0 spiro atoms. The molecule has 0 aromatic heterocycles. The fraction of sp³-hybridized carbons (Fsp3) is 0.250. The van der Waals surface area contributed by atoms with Crippen LogP contribution in [0.2, 0.25) is 0 Å². The summed E-state index contributed by atoms with van der Waals surface area (Å²) in [6.07, 6.45) is 1.58. The lowest BCUT2D eigenvalue weighted by Crippen LogP contribution is -2.02. The van der Waals surface area contributed by atoms with Crippen LogP contribution in [0, 0.1) is 0 Å². The summed E-state index contributed by atoms with van der Waals surface area (Å²) in [5.41, 5.74) is 0. The summed E-state index contributed by atoms with van der Waals surface area (Å²) >= 11 is 0. The molecular formula is C12H16O4. The van der Waals surface area contributed by atoms with Crippen LogP contribution in [0.4, 0.5) is 0 Å². The SMILES string of the molecule is C=CC(=O)OCCCO.Oc1ccccc1. The lowest BCUT2D eigenvalue weighted by molar-refractivity contribution is -0.137. The maximum Gasteiger partial charge on any atom is 0.330 e. The monoisotopic (exact) mass is 224 g/mol. The number of aliphatic hydroxyl groups is 1. The van der Waals surface area contributed by atoms with Gasteiger partial charge in [-0.05, 0) is 12.1 Å². The first kappa shape index (κ1) is 14.2. The molecule has 1 aromatic carbocycles. The smallest absolute Gasteiger partial charge is 0.330 e. The second-order valence-corrected chi connectivity index (χ2v) is 2.78. The Morgan fingerprint density at radius 3 is 2.38 bits per heavy atom. The second kappa shape index (κ2) is 9.73. The number of phenolic OH excluding ortho intramolecular Hbond substituents is 1. The van der Waals surface area contributed by atoms with Crippen LogP contribution in [-0.2, 0) is 9.53 Å². The van der Waals surface area contributed by atoms with Crippen LogP contribution >= 0.6 is 0 Å². The molecule has 0 saturated carbocycles. The molecule has 0 radical (unpaired) electrons. The molecule has 16 heavy (non-hydrogen) atoms. The van der Waals surface area contributed by atoms with E-state index in [1.807, 2.05) is 6.07 Å². The van der Waals surface area contributed by atoms with Crippen molar-refractivity contribution in [2.45, 2.75) is 6.42 Å². The summed E-state index contributed by atoms with van der Waals surface area (Å²) in [6, 6.07) is 8.71. The number of phenols is 1. The van der Waals surface area contributed by atoms with E-state index in [-0.39, 0.29) is 13.2 Å². The highest BCUT2D eigenvalue weighted by Gasteiger charge is 1.91. The molecule has 0 amide bonds. The molecule has 0 fully saturated rings. The molecule has 0 atom stereocenters. The molecule has 88 valence electrons. The molecule has 0 aliphatic heterocycles. The van der Waals surface area contributed by atoms with Crippen molar-refractivity contribution in [2.24, 2.45) is 0 Å². The highest BCUT2D eigenvalue weighted by atomic mass is 16.5. The van der Waals surface area contributed by atoms with Gasteiger partial charge in [-0.2, -0.15) is 0 Å². The van der Waals surface area contributed by atoms with Crippen molar-refractivity contribution < 1.29 is 19.7 Å². The fourth-order valence-electron chi connectivity index (χ4n) is 0.724. The third-order valence-electron chi connectivity index (χ3n) is 1.47. The number of aliphatic hydroxyl groups excluding tert-OH is 1. The van der Waals surface area contributed by atoms with Gasteiger partial charge < -0.3 is 14.9 Å². The number of aromatic hydroxyl groups is 1. The van der Waals surface area contributed by atoms with Gasteiger partial charge in [0.15, 0.2) is 0 Å². The Balaban J connectivity index is 0.000000288. The molecule has 2 N–H and O–H groups in total. The molecule has 1 aromatic rings. The third kappa shape index (κ3) is 8.77. The second-order valence-electron chi connectivity index (χ2n) is 2.78. The van der Waals surface area contributed by atoms with Crippen molar-refractivity contribution in [1.29, 1.82) is 0 Å². The largest absolute Gasteiger partial charge is 0.508 e. The van der Waals surface area contributed by atoms with Gasteiger partial charge in [-0.15, -0.1) is 0 Å². The van der Waals surface area contributed by atoms with Crippen LogP contribution in [0.25, 0.3) is 0 Å². The summed E-state index contributed by atoms with van der Waals surface area (Å²) in [7, 11) is 0. The maximum absolute atomic E-state index is 10.3.